The van der Waals surface area contributed by atoms with Crippen LogP contribution in [0.4, 0.5) is 0 Å². The van der Waals surface area contributed by atoms with Gasteiger partial charge in [-0.2, -0.15) is 0 Å². The van der Waals surface area contributed by atoms with Gasteiger partial charge in [0.1, 0.15) is 0 Å². The normalized spacial score (nSPS) is 9.69. The number of benzene rings is 1. The van der Waals surface area contributed by atoms with E-state index in [1.165, 1.54) is 6.92 Å². The van der Waals surface area contributed by atoms with Crippen molar-refractivity contribution in [2.75, 3.05) is 20.8 Å². The van der Waals surface area contributed by atoms with Crippen molar-refractivity contribution in [3.05, 3.63) is 23.8 Å². The zero-order valence-corrected chi connectivity index (χ0v) is 9.78. The summed E-state index contributed by atoms with van der Waals surface area (Å²) in [5.74, 6) is 1.11. The van der Waals surface area contributed by atoms with Crippen LogP contribution in [-0.2, 0) is 16.0 Å². The summed E-state index contributed by atoms with van der Waals surface area (Å²) >= 11 is 0. The molecule has 0 aromatic heterocycles. The predicted octanol–water partition coefficient (Wildman–Crippen LogP) is 1.81. The molecule has 0 heterocycles. The molecule has 0 aliphatic heterocycles. The number of esters is 1. The average molecular weight is 224 g/mol. The first-order valence-corrected chi connectivity index (χ1v) is 5.01. The number of ether oxygens (including phenoxy) is 3. The van der Waals surface area contributed by atoms with E-state index in [1.807, 2.05) is 18.2 Å². The SMILES string of the molecule is COc1ccc(CCOC(C)=O)cc1OC. The van der Waals surface area contributed by atoms with Crippen LogP contribution < -0.4 is 9.47 Å². The maximum atomic E-state index is 10.6. The highest BCUT2D eigenvalue weighted by Crippen LogP contribution is 2.27. The first kappa shape index (κ1) is 12.4. The molecule has 88 valence electrons. The van der Waals surface area contributed by atoms with Crippen LogP contribution in [0.2, 0.25) is 0 Å². The predicted molar refractivity (Wildman–Crippen MR) is 59.9 cm³/mol. The zero-order valence-electron chi connectivity index (χ0n) is 9.78. The third-order valence-corrected chi connectivity index (χ3v) is 2.14. The molecule has 4 nitrogen and oxygen atoms in total. The molecule has 0 saturated carbocycles. The quantitative estimate of drug-likeness (QED) is 0.715. The van der Waals surface area contributed by atoms with Gasteiger partial charge < -0.3 is 14.2 Å². The average Bonchev–Trinajstić information content (AvgIpc) is 2.28. The molecule has 1 aromatic carbocycles. The van der Waals surface area contributed by atoms with E-state index in [4.69, 9.17) is 14.2 Å². The summed E-state index contributed by atoms with van der Waals surface area (Å²) in [5, 5.41) is 0. The smallest absolute Gasteiger partial charge is 0.302 e. The van der Waals surface area contributed by atoms with Gasteiger partial charge in [-0.15, -0.1) is 0 Å². The van der Waals surface area contributed by atoms with E-state index in [0.29, 0.717) is 24.5 Å². The molecule has 0 atom stereocenters. The minimum Gasteiger partial charge on any atom is -0.493 e. The van der Waals surface area contributed by atoms with E-state index in [1.54, 1.807) is 14.2 Å². The molecule has 0 N–H and O–H groups in total. The van der Waals surface area contributed by atoms with E-state index in [2.05, 4.69) is 0 Å². The molecule has 0 radical (unpaired) electrons. The summed E-state index contributed by atoms with van der Waals surface area (Å²) in [4.78, 5) is 10.6. The summed E-state index contributed by atoms with van der Waals surface area (Å²) in [6.07, 6.45) is 0.667. The molecule has 0 amide bonds. The van der Waals surface area contributed by atoms with Gasteiger partial charge in [0.15, 0.2) is 11.5 Å². The van der Waals surface area contributed by atoms with Crippen LogP contribution in [0.15, 0.2) is 18.2 Å². The second kappa shape index (κ2) is 6.00. The van der Waals surface area contributed by atoms with Gasteiger partial charge >= 0.3 is 5.97 Å². The van der Waals surface area contributed by atoms with Gasteiger partial charge in [-0.05, 0) is 17.7 Å². The summed E-state index contributed by atoms with van der Waals surface area (Å²) in [5.41, 5.74) is 1.04. The second-order valence-electron chi connectivity index (χ2n) is 3.28. The van der Waals surface area contributed by atoms with Gasteiger partial charge in [0.25, 0.3) is 0 Å². The van der Waals surface area contributed by atoms with Crippen LogP contribution in [-0.4, -0.2) is 26.8 Å². The van der Waals surface area contributed by atoms with Crippen LogP contribution in [0.1, 0.15) is 12.5 Å². The second-order valence-corrected chi connectivity index (χ2v) is 3.28. The Labute approximate surface area is 95.1 Å². The van der Waals surface area contributed by atoms with E-state index < -0.39 is 0 Å². The van der Waals surface area contributed by atoms with E-state index >= 15 is 0 Å². The lowest BCUT2D eigenvalue weighted by Crippen LogP contribution is -2.03. The highest BCUT2D eigenvalue weighted by atomic mass is 16.5. The zero-order chi connectivity index (χ0) is 12.0. The Hall–Kier alpha value is -1.71. The first-order valence-electron chi connectivity index (χ1n) is 5.01. The van der Waals surface area contributed by atoms with Crippen molar-refractivity contribution in [3.8, 4) is 11.5 Å². The standard InChI is InChI=1S/C12H16O4/c1-9(13)16-7-6-10-4-5-11(14-2)12(8-10)15-3/h4-5,8H,6-7H2,1-3H3. The van der Waals surface area contributed by atoms with Gasteiger partial charge in [-0.1, -0.05) is 6.07 Å². The van der Waals surface area contributed by atoms with Crippen LogP contribution >= 0.6 is 0 Å². The first-order chi connectivity index (χ1) is 7.67. The molecule has 1 rings (SSSR count). The summed E-state index contributed by atoms with van der Waals surface area (Å²) in [7, 11) is 3.18. The van der Waals surface area contributed by atoms with Crippen molar-refractivity contribution in [1.29, 1.82) is 0 Å². The van der Waals surface area contributed by atoms with E-state index in [-0.39, 0.29) is 5.97 Å². The fourth-order valence-corrected chi connectivity index (χ4v) is 1.35. The summed E-state index contributed by atoms with van der Waals surface area (Å²) in [6, 6.07) is 5.63. The van der Waals surface area contributed by atoms with Crippen molar-refractivity contribution in [2.45, 2.75) is 13.3 Å². The van der Waals surface area contributed by atoms with Crippen LogP contribution in [0, 0.1) is 0 Å². The number of methoxy groups -OCH3 is 2. The molecule has 1 aromatic rings. The van der Waals surface area contributed by atoms with Crippen LogP contribution in [0.25, 0.3) is 0 Å². The molecule has 0 spiro atoms. The minimum absolute atomic E-state index is 0.263. The van der Waals surface area contributed by atoms with Crippen molar-refractivity contribution >= 4 is 5.97 Å². The Morgan fingerprint density at radius 3 is 2.44 bits per heavy atom. The van der Waals surface area contributed by atoms with Gasteiger partial charge in [0.05, 0.1) is 20.8 Å². The monoisotopic (exact) mass is 224 g/mol. The molecule has 0 aliphatic carbocycles. The van der Waals surface area contributed by atoms with Gasteiger partial charge in [-0.3, -0.25) is 4.79 Å². The third kappa shape index (κ3) is 3.46. The largest absolute Gasteiger partial charge is 0.493 e. The lowest BCUT2D eigenvalue weighted by molar-refractivity contribution is -0.140. The topological polar surface area (TPSA) is 44.8 Å². The Balaban J connectivity index is 2.64. The van der Waals surface area contributed by atoms with Crippen molar-refractivity contribution < 1.29 is 19.0 Å². The highest BCUT2D eigenvalue weighted by molar-refractivity contribution is 5.65. The van der Waals surface area contributed by atoms with Crippen molar-refractivity contribution in [2.24, 2.45) is 0 Å². The molecule has 0 unspecified atom stereocenters. The lowest BCUT2D eigenvalue weighted by Gasteiger charge is -2.09. The van der Waals surface area contributed by atoms with E-state index in [0.717, 1.165) is 5.56 Å². The Kier molecular flexibility index (Phi) is 4.64. The maximum Gasteiger partial charge on any atom is 0.302 e. The van der Waals surface area contributed by atoms with Crippen LogP contribution in [0.5, 0.6) is 11.5 Å². The van der Waals surface area contributed by atoms with E-state index in [9.17, 15) is 4.79 Å². The minimum atomic E-state index is -0.263. The van der Waals surface area contributed by atoms with Crippen molar-refractivity contribution in [1.82, 2.24) is 0 Å². The van der Waals surface area contributed by atoms with Crippen molar-refractivity contribution in [3.63, 3.8) is 0 Å². The fourth-order valence-electron chi connectivity index (χ4n) is 1.35. The Morgan fingerprint density at radius 2 is 1.88 bits per heavy atom. The number of rotatable bonds is 5. The van der Waals surface area contributed by atoms with Crippen LogP contribution in [0.3, 0.4) is 0 Å². The summed E-state index contributed by atoms with van der Waals surface area (Å²) < 4.78 is 15.2. The fraction of sp³-hybridized carbons (Fsp3) is 0.417. The molecule has 16 heavy (non-hydrogen) atoms. The molecular weight excluding hydrogens is 208 g/mol. The van der Waals surface area contributed by atoms with Gasteiger partial charge in [0.2, 0.25) is 0 Å². The Morgan fingerprint density at radius 1 is 1.19 bits per heavy atom. The molecule has 0 fully saturated rings. The molecular formula is C12H16O4. The lowest BCUT2D eigenvalue weighted by atomic mass is 10.1. The molecule has 4 heteroatoms. The Bertz CT molecular complexity index is 360. The van der Waals surface area contributed by atoms with Gasteiger partial charge in [-0.25, -0.2) is 0 Å². The third-order valence-electron chi connectivity index (χ3n) is 2.14. The van der Waals surface area contributed by atoms with Gasteiger partial charge in [0, 0.05) is 13.3 Å². The highest BCUT2D eigenvalue weighted by Gasteiger charge is 2.04. The number of carbonyl (C=O) groups excluding carboxylic acids is 1. The number of hydrogen-bond acceptors (Lipinski definition) is 4. The molecule has 0 bridgehead atoms. The number of hydrogen-bond donors (Lipinski definition) is 0. The summed E-state index contributed by atoms with van der Waals surface area (Å²) in [6.45, 7) is 1.78. The maximum absolute atomic E-state index is 10.6. The number of carbonyl (C=O) groups is 1. The molecule has 0 aliphatic rings. The molecule has 0 saturated heterocycles.